The third-order valence-corrected chi connectivity index (χ3v) is 5.21. The van der Waals surface area contributed by atoms with Crippen LogP contribution in [0.2, 0.25) is 0 Å². The molecule has 0 heterocycles. The number of aryl methyl sites for hydroxylation is 2. The third kappa shape index (κ3) is 4.08. The van der Waals surface area contributed by atoms with Crippen LogP contribution in [0, 0.1) is 13.8 Å². The van der Waals surface area contributed by atoms with Crippen LogP contribution >= 0.6 is 0 Å². The Bertz CT molecular complexity index is 1240. The molecule has 0 aliphatic carbocycles. The second-order valence-corrected chi connectivity index (χ2v) is 7.31. The molecule has 30 heavy (non-hydrogen) atoms. The molecule has 2 N–H and O–H groups in total. The first-order valence-corrected chi connectivity index (χ1v) is 9.79. The minimum absolute atomic E-state index is 0.175. The van der Waals surface area contributed by atoms with Gasteiger partial charge in [0.25, 0.3) is 11.8 Å². The quantitative estimate of drug-likeness (QED) is 0.449. The fourth-order valence-electron chi connectivity index (χ4n) is 3.32. The highest BCUT2D eigenvalue weighted by Gasteiger charge is 2.10. The number of carbonyl (C=O) groups excluding carboxylic acids is 2. The minimum atomic E-state index is -0.196. The number of anilines is 2. The van der Waals surface area contributed by atoms with Crippen LogP contribution in [0.15, 0.2) is 84.9 Å². The van der Waals surface area contributed by atoms with Crippen LogP contribution in [-0.2, 0) is 0 Å². The number of hydrogen-bond donors (Lipinski definition) is 2. The van der Waals surface area contributed by atoms with Crippen LogP contribution in [0.1, 0.15) is 31.8 Å². The number of rotatable bonds is 4. The highest BCUT2D eigenvalue weighted by molar-refractivity contribution is 6.09. The molecule has 4 heteroatoms. The van der Waals surface area contributed by atoms with Gasteiger partial charge in [0.15, 0.2) is 0 Å². The summed E-state index contributed by atoms with van der Waals surface area (Å²) in [6, 6.07) is 26.2. The second-order valence-electron chi connectivity index (χ2n) is 7.31. The van der Waals surface area contributed by atoms with Gasteiger partial charge in [0.2, 0.25) is 0 Å². The van der Waals surface area contributed by atoms with Crippen molar-refractivity contribution in [3.8, 4) is 0 Å². The van der Waals surface area contributed by atoms with Crippen molar-refractivity contribution in [2.45, 2.75) is 13.8 Å². The van der Waals surface area contributed by atoms with Crippen LogP contribution in [0.5, 0.6) is 0 Å². The van der Waals surface area contributed by atoms with Gasteiger partial charge >= 0.3 is 0 Å². The van der Waals surface area contributed by atoms with Crippen LogP contribution in [0.25, 0.3) is 10.8 Å². The van der Waals surface area contributed by atoms with E-state index in [9.17, 15) is 9.59 Å². The molecule has 4 aromatic rings. The lowest BCUT2D eigenvalue weighted by atomic mass is 10.1. The summed E-state index contributed by atoms with van der Waals surface area (Å²) in [4.78, 5) is 25.2. The summed E-state index contributed by atoms with van der Waals surface area (Å²) in [7, 11) is 0. The van der Waals surface area contributed by atoms with E-state index in [1.54, 1.807) is 24.3 Å². The fraction of sp³-hybridized carbons (Fsp3) is 0.0769. The Kier molecular flexibility index (Phi) is 5.31. The monoisotopic (exact) mass is 394 g/mol. The maximum atomic E-state index is 12.7. The highest BCUT2D eigenvalue weighted by Crippen LogP contribution is 2.24. The Morgan fingerprint density at radius 2 is 1.30 bits per heavy atom. The largest absolute Gasteiger partial charge is 0.322 e. The lowest BCUT2D eigenvalue weighted by Gasteiger charge is -2.10. The number of benzene rings is 4. The number of amides is 2. The van der Waals surface area contributed by atoms with Crippen molar-refractivity contribution >= 4 is 34.0 Å². The predicted molar refractivity (Wildman–Crippen MR) is 122 cm³/mol. The Morgan fingerprint density at radius 1 is 0.633 bits per heavy atom. The van der Waals surface area contributed by atoms with E-state index in [0.717, 1.165) is 27.6 Å². The zero-order chi connectivity index (χ0) is 21.1. The Hall–Kier alpha value is -3.92. The van der Waals surface area contributed by atoms with Gasteiger partial charge in [-0.3, -0.25) is 9.59 Å². The van der Waals surface area contributed by atoms with Crippen molar-refractivity contribution < 1.29 is 9.59 Å². The first-order valence-electron chi connectivity index (χ1n) is 9.79. The minimum Gasteiger partial charge on any atom is -0.322 e. The van der Waals surface area contributed by atoms with E-state index in [4.69, 9.17) is 0 Å². The first-order chi connectivity index (χ1) is 14.5. The van der Waals surface area contributed by atoms with Gasteiger partial charge in [-0.05, 0) is 72.8 Å². The first kappa shape index (κ1) is 19.4. The average molecular weight is 394 g/mol. The third-order valence-electron chi connectivity index (χ3n) is 5.21. The molecule has 0 bridgehead atoms. The van der Waals surface area contributed by atoms with E-state index >= 15 is 0 Å². The van der Waals surface area contributed by atoms with E-state index < -0.39 is 0 Å². The van der Waals surface area contributed by atoms with Crippen molar-refractivity contribution in [1.29, 1.82) is 0 Å². The van der Waals surface area contributed by atoms with E-state index in [0.29, 0.717) is 16.8 Å². The van der Waals surface area contributed by atoms with Crippen LogP contribution < -0.4 is 10.6 Å². The van der Waals surface area contributed by atoms with Gasteiger partial charge in [-0.2, -0.15) is 0 Å². The zero-order valence-electron chi connectivity index (χ0n) is 16.9. The second kappa shape index (κ2) is 8.21. The van der Waals surface area contributed by atoms with Gasteiger partial charge in [0.05, 0.1) is 0 Å². The van der Waals surface area contributed by atoms with Gasteiger partial charge in [-0.25, -0.2) is 0 Å². The molecule has 0 spiro atoms. The molecule has 0 aliphatic rings. The van der Waals surface area contributed by atoms with Crippen molar-refractivity contribution in [3.05, 3.63) is 107 Å². The van der Waals surface area contributed by atoms with E-state index in [1.165, 1.54) is 0 Å². The molecule has 4 rings (SSSR count). The summed E-state index contributed by atoms with van der Waals surface area (Å²) >= 11 is 0. The lowest BCUT2D eigenvalue weighted by Crippen LogP contribution is -2.14. The standard InChI is InChI=1S/C26H22N2O2/c1-17-10-11-21(16-18(17)2)26(30)27-22-14-12-20(13-15-22)25(29)28-24-9-5-7-19-6-3-4-8-23(19)24/h3-16H,1-2H3,(H,27,30)(H,28,29). The summed E-state index contributed by atoms with van der Waals surface area (Å²) in [5.74, 6) is -0.371. The lowest BCUT2D eigenvalue weighted by molar-refractivity contribution is 0.102. The number of hydrogen-bond acceptors (Lipinski definition) is 2. The van der Waals surface area contributed by atoms with Crippen molar-refractivity contribution in [1.82, 2.24) is 0 Å². The normalized spacial score (nSPS) is 10.6. The maximum absolute atomic E-state index is 12.7. The molecule has 4 aromatic carbocycles. The molecular formula is C26H22N2O2. The van der Waals surface area contributed by atoms with Crippen LogP contribution in [0.3, 0.4) is 0 Å². The van der Waals surface area contributed by atoms with E-state index in [-0.39, 0.29) is 11.8 Å². The molecule has 2 amide bonds. The topological polar surface area (TPSA) is 58.2 Å². The van der Waals surface area contributed by atoms with E-state index in [2.05, 4.69) is 10.6 Å². The molecule has 0 atom stereocenters. The molecule has 0 fully saturated rings. The highest BCUT2D eigenvalue weighted by atomic mass is 16.2. The van der Waals surface area contributed by atoms with Gasteiger partial charge in [0.1, 0.15) is 0 Å². The van der Waals surface area contributed by atoms with Gasteiger partial charge in [-0.15, -0.1) is 0 Å². The SMILES string of the molecule is Cc1ccc(C(=O)Nc2ccc(C(=O)Nc3cccc4ccccc34)cc2)cc1C. The van der Waals surface area contributed by atoms with Crippen molar-refractivity contribution in [2.75, 3.05) is 10.6 Å². The van der Waals surface area contributed by atoms with Crippen molar-refractivity contribution in [2.24, 2.45) is 0 Å². The van der Waals surface area contributed by atoms with Crippen molar-refractivity contribution in [3.63, 3.8) is 0 Å². The summed E-state index contributed by atoms with van der Waals surface area (Å²) in [5, 5.41) is 7.91. The molecule has 0 aliphatic heterocycles. The smallest absolute Gasteiger partial charge is 0.255 e. The van der Waals surface area contributed by atoms with E-state index in [1.807, 2.05) is 74.5 Å². The van der Waals surface area contributed by atoms with Gasteiger partial charge in [-0.1, -0.05) is 42.5 Å². The summed E-state index contributed by atoms with van der Waals surface area (Å²) in [6.07, 6.45) is 0. The summed E-state index contributed by atoms with van der Waals surface area (Å²) < 4.78 is 0. The molecule has 0 unspecified atom stereocenters. The van der Waals surface area contributed by atoms with Crippen LogP contribution in [0.4, 0.5) is 11.4 Å². The maximum Gasteiger partial charge on any atom is 0.255 e. The Balaban J connectivity index is 1.47. The molecule has 0 radical (unpaired) electrons. The predicted octanol–water partition coefficient (Wildman–Crippen LogP) is 5.96. The van der Waals surface area contributed by atoms with Gasteiger partial charge < -0.3 is 10.6 Å². The molecular weight excluding hydrogens is 372 g/mol. The van der Waals surface area contributed by atoms with Gasteiger partial charge in [0, 0.05) is 27.9 Å². The molecule has 148 valence electrons. The zero-order valence-corrected chi connectivity index (χ0v) is 16.9. The average Bonchev–Trinajstić information content (AvgIpc) is 2.76. The number of nitrogens with one attached hydrogen (secondary N) is 2. The molecule has 0 saturated heterocycles. The number of carbonyl (C=O) groups is 2. The number of fused-ring (bicyclic) bond motifs is 1. The Labute approximate surface area is 175 Å². The molecule has 0 aromatic heterocycles. The Morgan fingerprint density at radius 3 is 2.07 bits per heavy atom. The summed E-state index contributed by atoms with van der Waals surface area (Å²) in [6.45, 7) is 3.99. The van der Waals surface area contributed by atoms with Crippen LogP contribution in [-0.4, -0.2) is 11.8 Å². The molecule has 0 saturated carbocycles. The fourth-order valence-corrected chi connectivity index (χ4v) is 3.32. The molecule has 4 nitrogen and oxygen atoms in total. The summed E-state index contributed by atoms with van der Waals surface area (Å²) in [5.41, 5.74) is 4.75.